The molecule has 0 radical (unpaired) electrons. The van der Waals surface area contributed by atoms with Crippen molar-refractivity contribution in [3.8, 4) is 0 Å². The molecule has 3 aliphatic heterocycles. The first-order valence-corrected chi connectivity index (χ1v) is 12.1. The van der Waals surface area contributed by atoms with Crippen molar-refractivity contribution in [3.05, 3.63) is 0 Å². The lowest BCUT2D eigenvalue weighted by Gasteiger charge is -2.32. The van der Waals surface area contributed by atoms with Crippen LogP contribution in [0.2, 0.25) is 0 Å². The number of fused-ring (bicyclic) bond motifs is 1. The van der Waals surface area contributed by atoms with E-state index in [0.717, 1.165) is 77.4 Å². The maximum atomic E-state index is 10.0. The summed E-state index contributed by atoms with van der Waals surface area (Å²) in [6.07, 6.45) is 12.3. The minimum Gasteiger partial charge on any atom is -0.368 e. The van der Waals surface area contributed by atoms with Crippen molar-refractivity contribution in [2.75, 3.05) is 13.2 Å². The average molecular weight is 413 g/mol. The van der Waals surface area contributed by atoms with E-state index in [4.69, 9.17) is 23.7 Å². The topological polar surface area (TPSA) is 66.4 Å². The highest BCUT2D eigenvalue weighted by molar-refractivity contribution is 4.97. The SMILES string of the molecule is CCC[C@@H](CC[C@@H]1[C@H]2CC(O)O[C@H]2C[C@H]1OC1CCCCO1)OC1CCCCO1. The van der Waals surface area contributed by atoms with E-state index in [-0.39, 0.29) is 30.9 Å². The van der Waals surface area contributed by atoms with Crippen molar-refractivity contribution in [2.45, 2.75) is 121 Å². The molecule has 6 heteroatoms. The highest BCUT2D eigenvalue weighted by atomic mass is 16.7. The molecule has 1 saturated carbocycles. The van der Waals surface area contributed by atoms with Gasteiger partial charge in [-0.3, -0.25) is 0 Å². The van der Waals surface area contributed by atoms with E-state index in [0.29, 0.717) is 11.8 Å². The second-order valence-electron chi connectivity index (χ2n) is 9.32. The minimum absolute atomic E-state index is 0.0315. The molecule has 1 N–H and O–H groups in total. The summed E-state index contributed by atoms with van der Waals surface area (Å²) in [5.41, 5.74) is 0. The Kier molecular flexibility index (Phi) is 8.24. The summed E-state index contributed by atoms with van der Waals surface area (Å²) in [7, 11) is 0. The Morgan fingerprint density at radius 1 is 0.966 bits per heavy atom. The summed E-state index contributed by atoms with van der Waals surface area (Å²) in [6.45, 7) is 3.84. The molecular formula is C23H40O6. The summed E-state index contributed by atoms with van der Waals surface area (Å²) in [5, 5.41) is 10.0. The van der Waals surface area contributed by atoms with Crippen LogP contribution in [0.15, 0.2) is 0 Å². The smallest absolute Gasteiger partial charge is 0.157 e. The van der Waals surface area contributed by atoms with Gasteiger partial charge in [-0.25, -0.2) is 0 Å². The van der Waals surface area contributed by atoms with Crippen molar-refractivity contribution in [2.24, 2.45) is 11.8 Å². The molecule has 0 aromatic rings. The van der Waals surface area contributed by atoms with Crippen molar-refractivity contribution in [3.63, 3.8) is 0 Å². The van der Waals surface area contributed by atoms with Crippen LogP contribution in [0.3, 0.4) is 0 Å². The standard InChI is InChI=1S/C23H40O6/c1-2-7-16(27-22-8-3-5-12-25-22)10-11-17-18-14-21(24)28-20(18)15-19(17)29-23-9-4-6-13-26-23/h16-24H,2-15H2,1H3/t16-,17+,18+,19+,20-,21?,22?,23?/m0/s1. The maximum absolute atomic E-state index is 10.0. The molecule has 0 bridgehead atoms. The third kappa shape index (κ3) is 5.92. The quantitative estimate of drug-likeness (QED) is 0.614. The molecular weight excluding hydrogens is 372 g/mol. The zero-order chi connectivity index (χ0) is 20.1. The van der Waals surface area contributed by atoms with Crippen LogP contribution in [-0.4, -0.2) is 55.5 Å². The minimum atomic E-state index is -0.613. The van der Waals surface area contributed by atoms with Gasteiger partial charge in [-0.2, -0.15) is 0 Å². The summed E-state index contributed by atoms with van der Waals surface area (Å²) >= 11 is 0. The van der Waals surface area contributed by atoms with Gasteiger partial charge in [0, 0.05) is 26.1 Å². The zero-order valence-electron chi connectivity index (χ0n) is 18.0. The van der Waals surface area contributed by atoms with Gasteiger partial charge in [-0.1, -0.05) is 13.3 Å². The third-order valence-electron chi connectivity index (χ3n) is 7.15. The molecule has 0 spiro atoms. The highest BCUT2D eigenvalue weighted by Gasteiger charge is 2.50. The number of aliphatic hydroxyl groups excluding tert-OH is 1. The summed E-state index contributed by atoms with van der Waals surface area (Å²) in [6, 6.07) is 0. The number of aliphatic hydroxyl groups is 1. The van der Waals surface area contributed by atoms with Crippen LogP contribution in [0.4, 0.5) is 0 Å². The van der Waals surface area contributed by atoms with Gasteiger partial charge in [0.05, 0.1) is 18.3 Å². The first-order valence-electron chi connectivity index (χ1n) is 12.1. The molecule has 4 rings (SSSR count). The molecule has 8 atom stereocenters. The number of hydrogen-bond acceptors (Lipinski definition) is 6. The molecule has 3 unspecified atom stereocenters. The molecule has 0 aromatic heterocycles. The molecule has 0 amide bonds. The molecule has 4 aliphatic rings. The fourth-order valence-electron chi connectivity index (χ4n) is 5.69. The predicted octanol–water partition coefficient (Wildman–Crippen LogP) is 4.13. The summed E-state index contributed by atoms with van der Waals surface area (Å²) in [4.78, 5) is 0. The van der Waals surface area contributed by atoms with Crippen molar-refractivity contribution < 1.29 is 28.8 Å². The van der Waals surface area contributed by atoms with Gasteiger partial charge in [0.2, 0.25) is 0 Å². The Balaban J connectivity index is 1.34. The fourth-order valence-corrected chi connectivity index (χ4v) is 5.69. The summed E-state index contributed by atoms with van der Waals surface area (Å²) < 4.78 is 30.2. The Morgan fingerprint density at radius 2 is 1.72 bits per heavy atom. The summed E-state index contributed by atoms with van der Waals surface area (Å²) in [5.74, 6) is 0.782. The normalized spacial score (nSPS) is 41.4. The van der Waals surface area contributed by atoms with E-state index >= 15 is 0 Å². The Labute approximate surface area is 175 Å². The molecule has 168 valence electrons. The average Bonchev–Trinajstić information content (AvgIpc) is 3.23. The maximum Gasteiger partial charge on any atom is 0.157 e. The monoisotopic (exact) mass is 412 g/mol. The second-order valence-corrected chi connectivity index (χ2v) is 9.32. The van der Waals surface area contributed by atoms with Gasteiger partial charge < -0.3 is 28.8 Å². The van der Waals surface area contributed by atoms with Crippen LogP contribution in [0.25, 0.3) is 0 Å². The Bertz CT molecular complexity index is 476. The first kappa shape index (κ1) is 22.0. The molecule has 3 heterocycles. The van der Waals surface area contributed by atoms with Gasteiger partial charge in [-0.05, 0) is 69.6 Å². The second kappa shape index (κ2) is 10.9. The van der Waals surface area contributed by atoms with Gasteiger partial charge >= 0.3 is 0 Å². The lowest BCUT2D eigenvalue weighted by Crippen LogP contribution is -2.33. The van der Waals surface area contributed by atoms with Crippen LogP contribution >= 0.6 is 0 Å². The number of hydrogen-bond donors (Lipinski definition) is 1. The van der Waals surface area contributed by atoms with Crippen molar-refractivity contribution in [1.29, 1.82) is 0 Å². The molecule has 0 aromatic carbocycles. The largest absolute Gasteiger partial charge is 0.368 e. The number of ether oxygens (including phenoxy) is 5. The van der Waals surface area contributed by atoms with E-state index in [1.807, 2.05) is 0 Å². The molecule has 6 nitrogen and oxygen atoms in total. The molecule has 3 saturated heterocycles. The predicted molar refractivity (Wildman–Crippen MR) is 108 cm³/mol. The van der Waals surface area contributed by atoms with E-state index in [9.17, 15) is 5.11 Å². The third-order valence-corrected chi connectivity index (χ3v) is 7.15. The van der Waals surface area contributed by atoms with Crippen LogP contribution in [0.5, 0.6) is 0 Å². The van der Waals surface area contributed by atoms with E-state index in [2.05, 4.69) is 6.92 Å². The Hall–Kier alpha value is -0.240. The highest BCUT2D eigenvalue weighted by Crippen LogP contribution is 2.47. The van der Waals surface area contributed by atoms with Gasteiger partial charge in [0.25, 0.3) is 0 Å². The first-order chi connectivity index (χ1) is 14.2. The van der Waals surface area contributed by atoms with Crippen LogP contribution in [0.1, 0.15) is 84.0 Å². The van der Waals surface area contributed by atoms with E-state index in [1.165, 1.54) is 12.8 Å². The molecule has 4 fully saturated rings. The fraction of sp³-hybridized carbons (Fsp3) is 1.00. The van der Waals surface area contributed by atoms with E-state index < -0.39 is 6.29 Å². The lowest BCUT2D eigenvalue weighted by atomic mass is 9.86. The van der Waals surface area contributed by atoms with Gasteiger partial charge in [0.1, 0.15) is 0 Å². The van der Waals surface area contributed by atoms with Crippen LogP contribution < -0.4 is 0 Å². The van der Waals surface area contributed by atoms with Gasteiger partial charge in [0.15, 0.2) is 18.9 Å². The van der Waals surface area contributed by atoms with Crippen LogP contribution in [0, 0.1) is 11.8 Å². The zero-order valence-corrected chi connectivity index (χ0v) is 18.0. The van der Waals surface area contributed by atoms with E-state index in [1.54, 1.807) is 0 Å². The molecule has 29 heavy (non-hydrogen) atoms. The van der Waals surface area contributed by atoms with Crippen molar-refractivity contribution in [1.82, 2.24) is 0 Å². The van der Waals surface area contributed by atoms with Gasteiger partial charge in [-0.15, -0.1) is 0 Å². The Morgan fingerprint density at radius 3 is 2.41 bits per heavy atom. The lowest BCUT2D eigenvalue weighted by molar-refractivity contribution is -0.203. The molecule has 1 aliphatic carbocycles. The van der Waals surface area contributed by atoms with Crippen LogP contribution in [-0.2, 0) is 23.7 Å². The van der Waals surface area contributed by atoms with Crippen molar-refractivity contribution >= 4 is 0 Å². The number of rotatable bonds is 9.